The Kier molecular flexibility index (Phi) is 11.9. The molecule has 2 heteroatoms. The fourth-order valence-electron chi connectivity index (χ4n) is 5.42. The molecule has 0 aliphatic carbocycles. The second-order valence-electron chi connectivity index (χ2n) is 15.3. The molecule has 0 saturated carbocycles. The van der Waals surface area contributed by atoms with Crippen LogP contribution in [0.25, 0.3) is 33.4 Å². The molecule has 0 radical (unpaired) electrons. The van der Waals surface area contributed by atoms with Crippen molar-refractivity contribution in [1.29, 1.82) is 0 Å². The molecule has 0 spiro atoms. The predicted octanol–water partition coefficient (Wildman–Crippen LogP) is 12.7. The molecular weight excluding hydrogens is 581 g/mol. The molecule has 0 aliphatic rings. The summed E-state index contributed by atoms with van der Waals surface area (Å²) in [5.41, 5.74) is 12.1. The first-order chi connectivity index (χ1) is 22.7. The lowest BCUT2D eigenvalue weighted by Gasteiger charge is -2.23. The Morgan fingerprint density at radius 3 is 1.25 bits per heavy atom. The summed E-state index contributed by atoms with van der Waals surface area (Å²) in [6, 6.07) is 45.2. The Labute approximate surface area is 290 Å². The van der Waals surface area contributed by atoms with Crippen LogP contribution in [-0.2, 0) is 16.2 Å². The number of aromatic nitrogens is 2. The standard InChI is InChI=1S/C28H26.2C9H13N/c1-28(2,3)27-17-11-10-16-26(27)25-19-23(21-12-6-4-7-13-21)18-24(20-25)22-14-8-5-9-15-22;1-9(2,3)8-4-6-10-7-5-8;1-9(2,3)8-5-4-6-10-7-8/h4-20H,1-3H3;2*4-7H,1-3H3. The van der Waals surface area contributed by atoms with E-state index in [0.29, 0.717) is 0 Å². The quantitative estimate of drug-likeness (QED) is 0.194. The average molecular weight is 633 g/mol. The third kappa shape index (κ3) is 10.3. The number of hydrogen-bond acceptors (Lipinski definition) is 2. The molecule has 0 atom stereocenters. The highest BCUT2D eigenvalue weighted by atomic mass is 14.6. The van der Waals surface area contributed by atoms with Gasteiger partial charge in [0.2, 0.25) is 0 Å². The Morgan fingerprint density at radius 2 is 0.833 bits per heavy atom. The van der Waals surface area contributed by atoms with Crippen molar-refractivity contribution in [1.82, 2.24) is 9.97 Å². The number of rotatable bonds is 3. The van der Waals surface area contributed by atoms with Crippen molar-refractivity contribution >= 4 is 0 Å². The first-order valence-corrected chi connectivity index (χ1v) is 16.9. The molecule has 0 bridgehead atoms. The molecule has 6 rings (SSSR count). The molecule has 0 N–H and O–H groups in total. The largest absolute Gasteiger partial charge is 0.265 e. The molecule has 0 saturated heterocycles. The maximum Gasteiger partial charge on any atom is 0.0305 e. The Bertz CT molecular complexity index is 1720. The van der Waals surface area contributed by atoms with Gasteiger partial charge in [-0.05, 0) is 103 Å². The van der Waals surface area contributed by atoms with Gasteiger partial charge in [0.05, 0.1) is 0 Å². The van der Waals surface area contributed by atoms with E-state index < -0.39 is 0 Å². The first kappa shape index (κ1) is 36.0. The Hall–Kier alpha value is -4.82. The highest BCUT2D eigenvalue weighted by molar-refractivity contribution is 5.82. The summed E-state index contributed by atoms with van der Waals surface area (Å²) in [6.45, 7) is 20.0. The van der Waals surface area contributed by atoms with Crippen LogP contribution in [0.2, 0.25) is 0 Å². The second-order valence-corrected chi connectivity index (χ2v) is 15.3. The number of nitrogens with zero attached hydrogens (tertiary/aromatic N) is 2. The van der Waals surface area contributed by atoms with Gasteiger partial charge in [0.15, 0.2) is 0 Å². The molecule has 6 aromatic rings. The zero-order valence-corrected chi connectivity index (χ0v) is 30.3. The normalized spacial score (nSPS) is 11.4. The fourth-order valence-corrected chi connectivity index (χ4v) is 5.42. The number of hydrogen-bond donors (Lipinski definition) is 0. The summed E-state index contributed by atoms with van der Waals surface area (Å²) >= 11 is 0. The molecule has 4 aromatic carbocycles. The Morgan fingerprint density at radius 1 is 0.354 bits per heavy atom. The van der Waals surface area contributed by atoms with Crippen LogP contribution in [-0.4, -0.2) is 9.97 Å². The molecule has 246 valence electrons. The van der Waals surface area contributed by atoms with E-state index in [1.165, 1.54) is 50.1 Å². The summed E-state index contributed by atoms with van der Waals surface area (Å²) in [6.07, 6.45) is 7.39. The van der Waals surface area contributed by atoms with Crippen molar-refractivity contribution in [2.75, 3.05) is 0 Å². The lowest BCUT2D eigenvalue weighted by Crippen LogP contribution is -2.12. The van der Waals surface area contributed by atoms with Crippen LogP contribution in [0.3, 0.4) is 0 Å². The van der Waals surface area contributed by atoms with Crippen LogP contribution >= 0.6 is 0 Å². The third-order valence-corrected chi connectivity index (χ3v) is 8.27. The van der Waals surface area contributed by atoms with Crippen LogP contribution in [0.1, 0.15) is 79.0 Å². The minimum atomic E-state index is 0.0895. The van der Waals surface area contributed by atoms with Gasteiger partial charge >= 0.3 is 0 Å². The fraction of sp³-hybridized carbons (Fsp3) is 0.261. The van der Waals surface area contributed by atoms with Crippen molar-refractivity contribution in [3.63, 3.8) is 0 Å². The summed E-state index contributed by atoms with van der Waals surface area (Å²) < 4.78 is 0. The lowest BCUT2D eigenvalue weighted by atomic mass is 9.81. The third-order valence-electron chi connectivity index (χ3n) is 8.27. The van der Waals surface area contributed by atoms with E-state index in [9.17, 15) is 0 Å². The van der Waals surface area contributed by atoms with Gasteiger partial charge in [-0.15, -0.1) is 0 Å². The summed E-state index contributed by atoms with van der Waals surface area (Å²) in [5, 5.41) is 0. The van der Waals surface area contributed by atoms with E-state index in [1.54, 1.807) is 6.20 Å². The molecule has 0 unspecified atom stereocenters. The van der Waals surface area contributed by atoms with Crippen LogP contribution in [0.5, 0.6) is 0 Å². The van der Waals surface area contributed by atoms with Crippen molar-refractivity contribution in [2.24, 2.45) is 0 Å². The van der Waals surface area contributed by atoms with Crippen LogP contribution in [0.4, 0.5) is 0 Å². The molecule has 2 heterocycles. The van der Waals surface area contributed by atoms with E-state index in [-0.39, 0.29) is 16.2 Å². The van der Waals surface area contributed by atoms with E-state index in [0.717, 1.165) is 0 Å². The zero-order chi connectivity index (χ0) is 34.8. The summed E-state index contributed by atoms with van der Waals surface area (Å²) in [7, 11) is 0. The van der Waals surface area contributed by atoms with Crippen molar-refractivity contribution < 1.29 is 0 Å². The number of benzene rings is 4. The van der Waals surface area contributed by atoms with Gasteiger partial charge in [-0.1, -0.05) is 153 Å². The van der Waals surface area contributed by atoms with E-state index >= 15 is 0 Å². The van der Waals surface area contributed by atoms with Gasteiger partial charge < -0.3 is 0 Å². The lowest BCUT2D eigenvalue weighted by molar-refractivity contribution is 0.587. The Balaban J connectivity index is 0.000000212. The van der Waals surface area contributed by atoms with Gasteiger partial charge in [0.25, 0.3) is 0 Å². The molecule has 2 nitrogen and oxygen atoms in total. The minimum absolute atomic E-state index is 0.0895. The molecule has 0 amide bonds. The van der Waals surface area contributed by atoms with E-state index in [4.69, 9.17) is 0 Å². The van der Waals surface area contributed by atoms with Crippen LogP contribution in [0.15, 0.2) is 152 Å². The molecule has 2 aromatic heterocycles. The average Bonchev–Trinajstić information content (AvgIpc) is 3.09. The summed E-state index contributed by atoms with van der Waals surface area (Å²) in [5.74, 6) is 0. The van der Waals surface area contributed by atoms with Crippen molar-refractivity contribution in [3.05, 3.63) is 169 Å². The van der Waals surface area contributed by atoms with Gasteiger partial charge in [-0.2, -0.15) is 0 Å². The number of pyridine rings is 2. The van der Waals surface area contributed by atoms with Crippen LogP contribution < -0.4 is 0 Å². The smallest absolute Gasteiger partial charge is 0.0305 e. The molecular formula is C46H52N2. The molecule has 48 heavy (non-hydrogen) atoms. The highest BCUT2D eigenvalue weighted by Gasteiger charge is 2.19. The maximum absolute atomic E-state index is 4.05. The zero-order valence-electron chi connectivity index (χ0n) is 30.3. The topological polar surface area (TPSA) is 25.8 Å². The van der Waals surface area contributed by atoms with Gasteiger partial charge in [-0.25, -0.2) is 0 Å². The first-order valence-electron chi connectivity index (χ1n) is 16.9. The monoisotopic (exact) mass is 632 g/mol. The molecule has 0 fully saturated rings. The minimum Gasteiger partial charge on any atom is -0.265 e. The maximum atomic E-state index is 4.05. The van der Waals surface area contributed by atoms with Gasteiger partial charge in [0.1, 0.15) is 0 Å². The van der Waals surface area contributed by atoms with Gasteiger partial charge in [0, 0.05) is 24.8 Å². The van der Waals surface area contributed by atoms with Crippen molar-refractivity contribution in [2.45, 2.75) is 78.6 Å². The predicted molar refractivity (Wildman–Crippen MR) is 207 cm³/mol. The molecule has 0 aliphatic heterocycles. The van der Waals surface area contributed by atoms with E-state index in [2.05, 4.69) is 194 Å². The van der Waals surface area contributed by atoms with E-state index in [1.807, 2.05) is 24.7 Å². The van der Waals surface area contributed by atoms with Crippen molar-refractivity contribution in [3.8, 4) is 33.4 Å². The van der Waals surface area contributed by atoms with Gasteiger partial charge in [-0.3, -0.25) is 9.97 Å². The highest BCUT2D eigenvalue weighted by Crippen LogP contribution is 2.37. The summed E-state index contributed by atoms with van der Waals surface area (Å²) in [4.78, 5) is 8.01. The van der Waals surface area contributed by atoms with Crippen LogP contribution in [0, 0.1) is 0 Å². The SMILES string of the molecule is CC(C)(C)c1ccccc1-c1cc(-c2ccccc2)cc(-c2ccccc2)c1.CC(C)(C)c1cccnc1.CC(C)(C)c1ccncc1. The second kappa shape index (κ2) is 15.8.